The third-order valence-electron chi connectivity index (χ3n) is 7.26. The molecule has 2 nitrogen and oxygen atoms in total. The lowest BCUT2D eigenvalue weighted by atomic mass is 9.67. The van der Waals surface area contributed by atoms with Gasteiger partial charge in [0, 0.05) is 10.8 Å². The van der Waals surface area contributed by atoms with Crippen molar-refractivity contribution < 1.29 is 8.81 Å². The summed E-state index contributed by atoms with van der Waals surface area (Å²) in [6, 6.07) is 37.8. The summed E-state index contributed by atoms with van der Waals surface area (Å²) in [7, 11) is 0. The van der Waals surface area contributed by atoms with Crippen LogP contribution in [0.3, 0.4) is 0 Å². The van der Waals surface area contributed by atoms with E-state index < -0.39 is 5.41 Å². The highest BCUT2D eigenvalue weighted by atomic mass is 19.1. The van der Waals surface area contributed by atoms with Crippen molar-refractivity contribution >= 4 is 21.9 Å². The highest BCUT2D eigenvalue weighted by Gasteiger charge is 2.47. The van der Waals surface area contributed by atoms with Gasteiger partial charge < -0.3 is 4.42 Å². The summed E-state index contributed by atoms with van der Waals surface area (Å²) in [6.07, 6.45) is 0. The Morgan fingerprint density at radius 1 is 0.714 bits per heavy atom. The van der Waals surface area contributed by atoms with Gasteiger partial charge in [0.25, 0.3) is 0 Å². The Morgan fingerprint density at radius 2 is 1.40 bits per heavy atom. The van der Waals surface area contributed by atoms with Crippen LogP contribution in [0.25, 0.3) is 33.1 Å². The van der Waals surface area contributed by atoms with Gasteiger partial charge in [-0.3, -0.25) is 0 Å². The van der Waals surface area contributed by atoms with Crippen molar-refractivity contribution in [2.24, 2.45) is 0 Å². The SMILES string of the molecule is N#Cc1ccc(C2(c3ccccc3)c3ccccc3-c3c2cc(F)c2oc4ccccc4c32)cc1. The minimum atomic E-state index is -0.741. The highest BCUT2D eigenvalue weighted by Crippen LogP contribution is 2.59. The number of benzene rings is 5. The Morgan fingerprint density at radius 3 is 2.20 bits per heavy atom. The van der Waals surface area contributed by atoms with Crippen LogP contribution in [-0.4, -0.2) is 0 Å². The van der Waals surface area contributed by atoms with Crippen molar-refractivity contribution in [3.05, 3.63) is 143 Å². The maximum Gasteiger partial charge on any atom is 0.171 e. The molecule has 1 aliphatic carbocycles. The van der Waals surface area contributed by atoms with Crippen molar-refractivity contribution in [1.29, 1.82) is 5.26 Å². The van der Waals surface area contributed by atoms with Crippen molar-refractivity contribution in [3.63, 3.8) is 0 Å². The minimum Gasteiger partial charge on any atom is -0.453 e. The van der Waals surface area contributed by atoms with Crippen LogP contribution in [0.2, 0.25) is 0 Å². The largest absolute Gasteiger partial charge is 0.453 e. The Hall–Kier alpha value is -4.68. The van der Waals surface area contributed by atoms with Gasteiger partial charge in [-0.05, 0) is 57.6 Å². The van der Waals surface area contributed by atoms with Crippen LogP contribution in [0.1, 0.15) is 27.8 Å². The maximum absolute atomic E-state index is 15.9. The Bertz CT molecular complexity index is 1810. The summed E-state index contributed by atoms with van der Waals surface area (Å²) >= 11 is 0. The number of fused-ring (bicyclic) bond motifs is 7. The van der Waals surface area contributed by atoms with E-state index in [9.17, 15) is 5.26 Å². The number of furan rings is 1. The molecule has 5 aromatic carbocycles. The molecule has 164 valence electrons. The van der Waals surface area contributed by atoms with E-state index in [-0.39, 0.29) is 11.4 Å². The number of nitriles is 1. The summed E-state index contributed by atoms with van der Waals surface area (Å²) in [5.41, 5.74) is 6.85. The summed E-state index contributed by atoms with van der Waals surface area (Å²) in [5, 5.41) is 11.1. The molecule has 1 unspecified atom stereocenters. The molecular formula is C32H18FNO. The van der Waals surface area contributed by atoms with Crippen LogP contribution in [0.15, 0.2) is 114 Å². The average Bonchev–Trinajstić information content (AvgIpc) is 3.44. The number of hydrogen-bond donors (Lipinski definition) is 0. The first-order valence-electron chi connectivity index (χ1n) is 11.5. The lowest BCUT2D eigenvalue weighted by Crippen LogP contribution is -2.28. The first kappa shape index (κ1) is 19.8. The van der Waals surface area contributed by atoms with Crippen LogP contribution in [0.5, 0.6) is 0 Å². The van der Waals surface area contributed by atoms with E-state index in [2.05, 4.69) is 30.3 Å². The van der Waals surface area contributed by atoms with Gasteiger partial charge >= 0.3 is 0 Å². The van der Waals surface area contributed by atoms with Gasteiger partial charge in [-0.15, -0.1) is 0 Å². The molecule has 0 saturated carbocycles. The number of rotatable bonds is 2. The monoisotopic (exact) mass is 451 g/mol. The highest BCUT2D eigenvalue weighted by molar-refractivity contribution is 6.15. The minimum absolute atomic E-state index is 0.281. The predicted octanol–water partition coefficient (Wildman–Crippen LogP) is 7.96. The predicted molar refractivity (Wildman–Crippen MR) is 136 cm³/mol. The normalized spacial score (nSPS) is 16.2. The molecule has 1 atom stereocenters. The van der Waals surface area contributed by atoms with Gasteiger partial charge in [-0.25, -0.2) is 4.39 Å². The molecule has 0 saturated heterocycles. The molecule has 6 aromatic rings. The van der Waals surface area contributed by atoms with Gasteiger partial charge in [0.05, 0.1) is 17.0 Å². The van der Waals surface area contributed by atoms with Crippen LogP contribution in [-0.2, 0) is 5.41 Å². The van der Waals surface area contributed by atoms with Crippen molar-refractivity contribution in [1.82, 2.24) is 0 Å². The molecule has 0 N–H and O–H groups in total. The maximum atomic E-state index is 15.9. The van der Waals surface area contributed by atoms with E-state index in [1.54, 1.807) is 6.07 Å². The Kier molecular flexibility index (Phi) is 4.04. The van der Waals surface area contributed by atoms with Gasteiger partial charge in [0.15, 0.2) is 11.4 Å². The molecule has 0 aliphatic heterocycles. The topological polar surface area (TPSA) is 36.9 Å². The summed E-state index contributed by atoms with van der Waals surface area (Å²) in [5.74, 6) is -0.378. The van der Waals surface area contributed by atoms with Gasteiger partial charge in [0.1, 0.15) is 5.58 Å². The second kappa shape index (κ2) is 7.16. The standard InChI is InChI=1S/C32H18FNO/c33-27-18-26-29(30-24-11-5-7-13-28(24)35-31(27)30)23-10-4-6-12-25(23)32(26,21-8-2-1-3-9-21)22-16-14-20(19-34)15-17-22/h1-18H. The van der Waals surface area contributed by atoms with Crippen LogP contribution in [0, 0.1) is 17.1 Å². The fourth-order valence-corrected chi connectivity index (χ4v) is 5.88. The van der Waals surface area contributed by atoms with Crippen molar-refractivity contribution in [2.45, 2.75) is 5.41 Å². The van der Waals surface area contributed by atoms with Gasteiger partial charge in [0.2, 0.25) is 0 Å². The van der Waals surface area contributed by atoms with Crippen molar-refractivity contribution in [2.75, 3.05) is 0 Å². The molecule has 0 bridgehead atoms. The lowest BCUT2D eigenvalue weighted by Gasteiger charge is -2.33. The molecule has 3 heteroatoms. The summed E-state index contributed by atoms with van der Waals surface area (Å²) in [6.45, 7) is 0. The fraction of sp³-hybridized carbons (Fsp3) is 0.0312. The third kappa shape index (κ3) is 2.51. The molecule has 1 aliphatic rings. The third-order valence-corrected chi connectivity index (χ3v) is 7.26. The molecule has 35 heavy (non-hydrogen) atoms. The van der Waals surface area contributed by atoms with E-state index in [0.717, 1.165) is 44.2 Å². The first-order valence-corrected chi connectivity index (χ1v) is 11.5. The van der Waals surface area contributed by atoms with Gasteiger partial charge in [-0.1, -0.05) is 84.9 Å². The van der Waals surface area contributed by atoms with Crippen molar-refractivity contribution in [3.8, 4) is 17.2 Å². The Labute approximate surface area is 201 Å². The zero-order valence-corrected chi connectivity index (χ0v) is 18.6. The van der Waals surface area contributed by atoms with E-state index >= 15 is 4.39 Å². The summed E-state index contributed by atoms with van der Waals surface area (Å²) in [4.78, 5) is 0. The molecule has 0 amide bonds. The second-order valence-electron chi connectivity index (χ2n) is 8.93. The summed E-state index contributed by atoms with van der Waals surface area (Å²) < 4.78 is 21.9. The van der Waals surface area contributed by atoms with Gasteiger partial charge in [-0.2, -0.15) is 5.26 Å². The zero-order chi connectivity index (χ0) is 23.6. The Balaban J connectivity index is 1.72. The first-order chi connectivity index (χ1) is 17.2. The van der Waals surface area contributed by atoms with E-state index in [1.165, 1.54) is 0 Å². The zero-order valence-electron chi connectivity index (χ0n) is 18.6. The number of nitrogens with zero attached hydrogens (tertiary/aromatic N) is 1. The quantitative estimate of drug-likeness (QED) is 0.267. The van der Waals surface area contributed by atoms with Crippen LogP contribution in [0.4, 0.5) is 4.39 Å². The molecular weight excluding hydrogens is 433 g/mol. The molecule has 1 heterocycles. The molecule has 1 aromatic heterocycles. The fourth-order valence-electron chi connectivity index (χ4n) is 5.88. The second-order valence-corrected chi connectivity index (χ2v) is 8.93. The van der Waals surface area contributed by atoms with Crippen LogP contribution >= 0.6 is 0 Å². The van der Waals surface area contributed by atoms with E-state index in [1.807, 2.05) is 78.9 Å². The number of hydrogen-bond acceptors (Lipinski definition) is 2. The molecule has 0 radical (unpaired) electrons. The smallest absolute Gasteiger partial charge is 0.171 e. The molecule has 0 fully saturated rings. The lowest BCUT2D eigenvalue weighted by molar-refractivity contribution is 0.581. The average molecular weight is 452 g/mol. The van der Waals surface area contributed by atoms with E-state index in [0.29, 0.717) is 11.1 Å². The van der Waals surface area contributed by atoms with Crippen LogP contribution < -0.4 is 0 Å². The molecule has 7 rings (SSSR count). The number of halogens is 1. The molecule has 0 spiro atoms. The van der Waals surface area contributed by atoms with E-state index in [4.69, 9.17) is 4.42 Å². The number of para-hydroxylation sites is 1.